The number of nitrogens with zero attached hydrogens (tertiary/aromatic N) is 1. The number of benzene rings is 1. The fourth-order valence-corrected chi connectivity index (χ4v) is 4.49. The van der Waals surface area contributed by atoms with Gasteiger partial charge in [0.1, 0.15) is 5.58 Å². The van der Waals surface area contributed by atoms with E-state index in [2.05, 4.69) is 23.2 Å². The molecule has 1 aromatic carbocycles. The molecule has 0 amide bonds. The molecule has 2 atom stereocenters. The maximum atomic E-state index is 12.0. The Morgan fingerprint density at radius 3 is 3.00 bits per heavy atom. The van der Waals surface area contributed by atoms with E-state index in [4.69, 9.17) is 4.42 Å². The van der Waals surface area contributed by atoms with Crippen LogP contribution in [0.3, 0.4) is 0 Å². The monoisotopic (exact) mass is 342 g/mol. The molecule has 2 saturated heterocycles. The Morgan fingerprint density at radius 2 is 2.16 bits per heavy atom. The van der Waals surface area contributed by atoms with Gasteiger partial charge in [-0.2, -0.15) is 0 Å². The number of aryl methyl sites for hydroxylation is 2. The van der Waals surface area contributed by atoms with Gasteiger partial charge in [-0.15, -0.1) is 0 Å². The van der Waals surface area contributed by atoms with Gasteiger partial charge in [0.15, 0.2) is 0 Å². The Hall–Kier alpha value is -1.69. The summed E-state index contributed by atoms with van der Waals surface area (Å²) >= 11 is 0. The SMILES string of the molecule is Cc1cc(C)c2oc(=O)cc(CN3CC[C@@]4(O)CCNC[C@H]4C3)c2c1. The molecule has 0 saturated carbocycles. The minimum absolute atomic E-state index is 0.254. The summed E-state index contributed by atoms with van der Waals surface area (Å²) in [7, 11) is 0. The zero-order valence-corrected chi connectivity index (χ0v) is 15.0. The van der Waals surface area contributed by atoms with Crippen molar-refractivity contribution in [2.75, 3.05) is 26.2 Å². The fourth-order valence-electron chi connectivity index (χ4n) is 4.49. The van der Waals surface area contributed by atoms with E-state index >= 15 is 0 Å². The third kappa shape index (κ3) is 3.12. The Kier molecular flexibility index (Phi) is 4.18. The Balaban J connectivity index is 1.64. The maximum absolute atomic E-state index is 12.0. The smallest absolute Gasteiger partial charge is 0.336 e. The molecule has 134 valence electrons. The normalized spacial score (nSPS) is 27.4. The molecule has 2 N–H and O–H groups in total. The highest BCUT2D eigenvalue weighted by Crippen LogP contribution is 2.34. The zero-order valence-electron chi connectivity index (χ0n) is 15.0. The van der Waals surface area contributed by atoms with Gasteiger partial charge in [-0.25, -0.2) is 4.79 Å². The largest absolute Gasteiger partial charge is 0.422 e. The summed E-state index contributed by atoms with van der Waals surface area (Å²) in [5.74, 6) is 0.254. The third-order valence-corrected chi connectivity index (χ3v) is 5.88. The molecule has 0 radical (unpaired) electrons. The van der Waals surface area contributed by atoms with Gasteiger partial charge in [-0.05, 0) is 56.0 Å². The molecule has 5 nitrogen and oxygen atoms in total. The summed E-state index contributed by atoms with van der Waals surface area (Å²) < 4.78 is 5.46. The molecule has 0 aliphatic carbocycles. The Bertz CT molecular complexity index is 860. The van der Waals surface area contributed by atoms with Crippen molar-refractivity contribution < 1.29 is 9.52 Å². The first-order valence-electron chi connectivity index (χ1n) is 9.14. The van der Waals surface area contributed by atoms with Crippen LogP contribution in [0.25, 0.3) is 11.0 Å². The average molecular weight is 342 g/mol. The number of fused-ring (bicyclic) bond motifs is 2. The van der Waals surface area contributed by atoms with E-state index in [1.165, 1.54) is 5.56 Å². The standard InChI is InChI=1S/C20H26N2O3/c1-13-7-14(2)19-17(8-13)15(9-18(23)25-19)11-22-6-4-20(24)3-5-21-10-16(20)12-22/h7-9,16,21,24H,3-6,10-12H2,1-2H3/t16-,20-/m0/s1. The van der Waals surface area contributed by atoms with E-state index in [0.717, 1.165) is 62.1 Å². The number of piperidine rings is 2. The number of hydrogen-bond donors (Lipinski definition) is 2. The lowest BCUT2D eigenvalue weighted by atomic mass is 9.76. The highest BCUT2D eigenvalue weighted by Gasteiger charge is 2.42. The number of hydrogen-bond acceptors (Lipinski definition) is 5. The molecular weight excluding hydrogens is 316 g/mol. The number of aliphatic hydroxyl groups is 1. The summed E-state index contributed by atoms with van der Waals surface area (Å²) in [4.78, 5) is 14.4. The first kappa shape index (κ1) is 16.8. The average Bonchev–Trinajstić information content (AvgIpc) is 2.56. The second-order valence-corrected chi connectivity index (χ2v) is 7.79. The van der Waals surface area contributed by atoms with Crippen molar-refractivity contribution >= 4 is 11.0 Å². The third-order valence-electron chi connectivity index (χ3n) is 5.88. The van der Waals surface area contributed by atoms with Gasteiger partial charge in [0.2, 0.25) is 0 Å². The van der Waals surface area contributed by atoms with E-state index in [-0.39, 0.29) is 11.5 Å². The minimum atomic E-state index is -0.521. The number of nitrogens with one attached hydrogen (secondary N) is 1. The zero-order chi connectivity index (χ0) is 17.6. The maximum Gasteiger partial charge on any atom is 0.336 e. The summed E-state index contributed by atoms with van der Waals surface area (Å²) in [6, 6.07) is 5.77. The van der Waals surface area contributed by atoms with Crippen molar-refractivity contribution in [2.24, 2.45) is 5.92 Å². The van der Waals surface area contributed by atoms with Crippen LogP contribution in [0, 0.1) is 19.8 Å². The topological polar surface area (TPSA) is 65.7 Å². The highest BCUT2D eigenvalue weighted by atomic mass is 16.4. The molecule has 0 unspecified atom stereocenters. The molecule has 0 bridgehead atoms. The second kappa shape index (κ2) is 6.24. The first-order chi connectivity index (χ1) is 11.9. The quantitative estimate of drug-likeness (QED) is 0.817. The van der Waals surface area contributed by atoms with Crippen LogP contribution in [-0.2, 0) is 6.54 Å². The summed E-state index contributed by atoms with van der Waals surface area (Å²) in [5, 5.41) is 15.3. The summed E-state index contributed by atoms with van der Waals surface area (Å²) in [5.41, 5.74) is 3.07. The first-order valence-corrected chi connectivity index (χ1v) is 9.14. The lowest BCUT2D eigenvalue weighted by Crippen LogP contribution is -2.58. The van der Waals surface area contributed by atoms with Gasteiger partial charge < -0.3 is 14.8 Å². The molecule has 2 aliphatic heterocycles. The molecule has 4 rings (SSSR count). The van der Waals surface area contributed by atoms with Gasteiger partial charge in [0, 0.05) is 43.5 Å². The fraction of sp³-hybridized carbons (Fsp3) is 0.550. The molecule has 3 heterocycles. The summed E-state index contributed by atoms with van der Waals surface area (Å²) in [6.07, 6.45) is 1.64. The van der Waals surface area contributed by atoms with E-state index in [9.17, 15) is 9.90 Å². The van der Waals surface area contributed by atoms with Crippen LogP contribution in [0.15, 0.2) is 27.4 Å². The number of rotatable bonds is 2. The van der Waals surface area contributed by atoms with Crippen LogP contribution in [0.1, 0.15) is 29.5 Å². The molecule has 2 aliphatic rings. The van der Waals surface area contributed by atoms with Crippen molar-refractivity contribution in [3.05, 3.63) is 45.3 Å². The lowest BCUT2D eigenvalue weighted by Gasteiger charge is -2.47. The van der Waals surface area contributed by atoms with Crippen molar-refractivity contribution in [3.8, 4) is 0 Å². The lowest BCUT2D eigenvalue weighted by molar-refractivity contribution is -0.0899. The van der Waals surface area contributed by atoms with Crippen molar-refractivity contribution in [3.63, 3.8) is 0 Å². The molecular formula is C20H26N2O3. The van der Waals surface area contributed by atoms with Crippen LogP contribution in [0.4, 0.5) is 0 Å². The van der Waals surface area contributed by atoms with E-state index in [1.807, 2.05) is 13.0 Å². The molecule has 5 heteroatoms. The van der Waals surface area contributed by atoms with Crippen LogP contribution >= 0.6 is 0 Å². The molecule has 2 fully saturated rings. The molecule has 1 aromatic heterocycles. The van der Waals surface area contributed by atoms with Gasteiger partial charge >= 0.3 is 5.63 Å². The Labute approximate surface area is 147 Å². The number of likely N-dealkylation sites (tertiary alicyclic amines) is 1. The van der Waals surface area contributed by atoms with Gasteiger partial charge in [-0.1, -0.05) is 6.07 Å². The Morgan fingerprint density at radius 1 is 1.32 bits per heavy atom. The van der Waals surface area contributed by atoms with Crippen LogP contribution < -0.4 is 10.9 Å². The van der Waals surface area contributed by atoms with Crippen LogP contribution in [0.2, 0.25) is 0 Å². The molecule has 0 spiro atoms. The van der Waals surface area contributed by atoms with Crippen LogP contribution in [0.5, 0.6) is 0 Å². The minimum Gasteiger partial charge on any atom is -0.422 e. The molecule has 25 heavy (non-hydrogen) atoms. The van der Waals surface area contributed by atoms with Crippen molar-refractivity contribution in [1.82, 2.24) is 10.2 Å². The highest BCUT2D eigenvalue weighted by molar-refractivity contribution is 5.83. The predicted molar refractivity (Wildman–Crippen MR) is 97.8 cm³/mol. The van der Waals surface area contributed by atoms with E-state index in [1.54, 1.807) is 6.07 Å². The van der Waals surface area contributed by atoms with Gasteiger partial charge in [-0.3, -0.25) is 4.90 Å². The summed E-state index contributed by atoms with van der Waals surface area (Å²) in [6.45, 7) is 8.25. The second-order valence-electron chi connectivity index (χ2n) is 7.79. The van der Waals surface area contributed by atoms with Crippen molar-refractivity contribution in [1.29, 1.82) is 0 Å². The van der Waals surface area contributed by atoms with E-state index < -0.39 is 5.60 Å². The van der Waals surface area contributed by atoms with Gasteiger partial charge in [0.05, 0.1) is 5.60 Å². The van der Waals surface area contributed by atoms with Gasteiger partial charge in [0.25, 0.3) is 0 Å². The predicted octanol–water partition coefficient (Wildman–Crippen LogP) is 1.96. The van der Waals surface area contributed by atoms with E-state index in [0.29, 0.717) is 5.58 Å². The van der Waals surface area contributed by atoms with Crippen LogP contribution in [-0.4, -0.2) is 41.8 Å². The molecule has 2 aromatic rings. The van der Waals surface area contributed by atoms with Crippen molar-refractivity contribution in [2.45, 2.75) is 38.8 Å².